The molecule has 3 N–H and O–H groups in total. The van der Waals surface area contributed by atoms with Crippen LogP contribution in [-0.2, 0) is 24.8 Å². The molecular weight excluding hydrogens is 260 g/mol. The summed E-state index contributed by atoms with van der Waals surface area (Å²) in [5, 5.41) is 7.29. The minimum Gasteiger partial charge on any atom is -0.369 e. The number of halogens is 1. The van der Waals surface area contributed by atoms with Crippen molar-refractivity contribution in [3.63, 3.8) is 0 Å². The van der Waals surface area contributed by atoms with Crippen LogP contribution in [0.4, 0.5) is 0 Å². The second-order valence-corrected chi connectivity index (χ2v) is 4.05. The molecule has 84 valence electrons. The van der Waals surface area contributed by atoms with E-state index >= 15 is 0 Å². The molecule has 0 aliphatic carbocycles. The van der Waals surface area contributed by atoms with Gasteiger partial charge in [0.1, 0.15) is 0 Å². The Labute approximate surface area is 97.1 Å². The molecule has 0 saturated heterocycles. The van der Waals surface area contributed by atoms with Gasteiger partial charge in [0.2, 0.25) is 5.91 Å². The number of aryl methyl sites for hydroxylation is 2. The summed E-state index contributed by atoms with van der Waals surface area (Å²) in [6, 6.07) is 0. The number of nitrogens with zero attached hydrogens (tertiary/aromatic N) is 2. The lowest BCUT2D eigenvalue weighted by Gasteiger charge is -2.03. The van der Waals surface area contributed by atoms with Gasteiger partial charge in [-0.15, -0.1) is 0 Å². The first-order valence-corrected chi connectivity index (χ1v) is 5.54. The van der Waals surface area contributed by atoms with E-state index in [4.69, 9.17) is 5.73 Å². The second-order valence-electron chi connectivity index (χ2n) is 3.25. The van der Waals surface area contributed by atoms with Crippen molar-refractivity contribution in [3.8, 4) is 0 Å². The number of rotatable bonds is 5. The first kappa shape index (κ1) is 12.2. The molecule has 0 spiro atoms. The van der Waals surface area contributed by atoms with Crippen molar-refractivity contribution in [2.45, 2.75) is 19.9 Å². The Balaban J connectivity index is 2.68. The normalized spacial score (nSPS) is 10.6. The summed E-state index contributed by atoms with van der Waals surface area (Å²) in [5.74, 6) is -0.357. The van der Waals surface area contributed by atoms with Crippen molar-refractivity contribution in [2.75, 3.05) is 6.54 Å². The molecule has 0 aliphatic heterocycles. The summed E-state index contributed by atoms with van der Waals surface area (Å²) < 4.78 is 2.81. The minimum atomic E-state index is -0.357. The minimum absolute atomic E-state index is 0.180. The van der Waals surface area contributed by atoms with Crippen LogP contribution in [-0.4, -0.2) is 22.2 Å². The zero-order valence-electron chi connectivity index (χ0n) is 8.88. The van der Waals surface area contributed by atoms with Crippen molar-refractivity contribution in [1.82, 2.24) is 15.1 Å². The Morgan fingerprint density at radius 3 is 2.80 bits per heavy atom. The molecule has 1 amide bonds. The van der Waals surface area contributed by atoms with Crippen LogP contribution in [0.25, 0.3) is 0 Å². The van der Waals surface area contributed by atoms with Crippen molar-refractivity contribution in [3.05, 3.63) is 15.9 Å². The lowest BCUT2D eigenvalue weighted by Crippen LogP contribution is -2.28. The molecule has 1 aromatic rings. The molecule has 1 rings (SSSR count). The molecule has 0 saturated carbocycles. The van der Waals surface area contributed by atoms with Crippen LogP contribution in [0.5, 0.6) is 0 Å². The van der Waals surface area contributed by atoms with E-state index < -0.39 is 0 Å². The highest BCUT2D eigenvalue weighted by Crippen LogP contribution is 2.21. The van der Waals surface area contributed by atoms with Crippen molar-refractivity contribution < 1.29 is 4.79 Å². The third-order valence-electron chi connectivity index (χ3n) is 2.09. The quantitative estimate of drug-likeness (QED) is 0.812. The summed E-state index contributed by atoms with van der Waals surface area (Å²) in [6.07, 6.45) is 0.879. The van der Waals surface area contributed by atoms with Gasteiger partial charge < -0.3 is 11.1 Å². The highest BCUT2D eigenvalue weighted by atomic mass is 79.9. The average Bonchev–Trinajstić information content (AvgIpc) is 2.44. The summed E-state index contributed by atoms with van der Waals surface area (Å²) >= 11 is 3.49. The predicted molar refractivity (Wildman–Crippen MR) is 61.2 cm³/mol. The molecular formula is C9H15BrN4O. The van der Waals surface area contributed by atoms with Crippen molar-refractivity contribution >= 4 is 21.8 Å². The number of hydrogen-bond acceptors (Lipinski definition) is 3. The SMILES string of the molecule is CCc1nn(C)c(CNCC(N)=O)c1Br. The van der Waals surface area contributed by atoms with Gasteiger partial charge in [-0.1, -0.05) is 6.92 Å². The van der Waals surface area contributed by atoms with Gasteiger partial charge in [-0.25, -0.2) is 0 Å². The topological polar surface area (TPSA) is 72.9 Å². The van der Waals surface area contributed by atoms with E-state index in [2.05, 4.69) is 26.3 Å². The Kier molecular flexibility index (Phi) is 4.28. The zero-order valence-corrected chi connectivity index (χ0v) is 10.5. The number of carbonyl (C=O) groups is 1. The fourth-order valence-electron chi connectivity index (χ4n) is 1.32. The van der Waals surface area contributed by atoms with Crippen LogP contribution in [0.2, 0.25) is 0 Å². The number of aromatic nitrogens is 2. The summed E-state index contributed by atoms with van der Waals surface area (Å²) in [4.78, 5) is 10.5. The van der Waals surface area contributed by atoms with Crippen LogP contribution in [0, 0.1) is 0 Å². The molecule has 6 heteroatoms. The second kappa shape index (κ2) is 5.27. The van der Waals surface area contributed by atoms with E-state index in [0.717, 1.165) is 22.3 Å². The van der Waals surface area contributed by atoms with Crippen LogP contribution in [0.15, 0.2) is 4.47 Å². The number of amides is 1. The van der Waals surface area contributed by atoms with Crippen molar-refractivity contribution in [2.24, 2.45) is 12.8 Å². The van der Waals surface area contributed by atoms with Crippen LogP contribution >= 0.6 is 15.9 Å². The van der Waals surface area contributed by atoms with Crippen LogP contribution in [0.1, 0.15) is 18.3 Å². The molecule has 0 unspecified atom stereocenters. The lowest BCUT2D eigenvalue weighted by atomic mass is 10.3. The van der Waals surface area contributed by atoms with E-state index in [1.165, 1.54) is 0 Å². The first-order valence-electron chi connectivity index (χ1n) is 4.75. The van der Waals surface area contributed by atoms with Gasteiger partial charge in [0.05, 0.1) is 22.4 Å². The summed E-state index contributed by atoms with van der Waals surface area (Å²) in [5.41, 5.74) is 7.07. The standard InChI is InChI=1S/C9H15BrN4O/c1-3-6-9(10)7(14(2)13-6)4-12-5-8(11)15/h12H,3-5H2,1-2H3,(H2,11,15). The monoisotopic (exact) mass is 274 g/mol. The zero-order chi connectivity index (χ0) is 11.4. The maximum Gasteiger partial charge on any atom is 0.231 e. The van der Waals surface area contributed by atoms with E-state index in [0.29, 0.717) is 6.54 Å². The lowest BCUT2D eigenvalue weighted by molar-refractivity contribution is -0.117. The predicted octanol–water partition coefficient (Wildman–Crippen LogP) is 0.320. The highest BCUT2D eigenvalue weighted by molar-refractivity contribution is 9.10. The Hall–Kier alpha value is -0.880. The number of primary amides is 1. The molecule has 0 aliphatic rings. The molecule has 0 radical (unpaired) electrons. The highest BCUT2D eigenvalue weighted by Gasteiger charge is 2.11. The van der Waals surface area contributed by atoms with E-state index in [-0.39, 0.29) is 12.5 Å². The van der Waals surface area contributed by atoms with E-state index in [9.17, 15) is 4.79 Å². The average molecular weight is 275 g/mol. The maximum atomic E-state index is 10.5. The van der Waals surface area contributed by atoms with E-state index in [1.807, 2.05) is 14.0 Å². The van der Waals surface area contributed by atoms with Crippen LogP contribution < -0.4 is 11.1 Å². The summed E-state index contributed by atoms with van der Waals surface area (Å²) in [7, 11) is 1.88. The van der Waals surface area contributed by atoms with E-state index in [1.54, 1.807) is 4.68 Å². The largest absolute Gasteiger partial charge is 0.369 e. The molecule has 0 bridgehead atoms. The van der Waals surface area contributed by atoms with Gasteiger partial charge in [0.25, 0.3) is 0 Å². The molecule has 0 atom stereocenters. The number of nitrogens with two attached hydrogens (primary N) is 1. The molecule has 0 aromatic carbocycles. The molecule has 5 nitrogen and oxygen atoms in total. The maximum absolute atomic E-state index is 10.5. The Morgan fingerprint density at radius 1 is 1.67 bits per heavy atom. The third kappa shape index (κ3) is 3.04. The van der Waals surface area contributed by atoms with Gasteiger partial charge >= 0.3 is 0 Å². The smallest absolute Gasteiger partial charge is 0.231 e. The van der Waals surface area contributed by atoms with Crippen LogP contribution in [0.3, 0.4) is 0 Å². The molecule has 1 aromatic heterocycles. The Bertz CT molecular complexity index is 361. The third-order valence-corrected chi connectivity index (χ3v) is 3.01. The van der Waals surface area contributed by atoms with Gasteiger partial charge in [0, 0.05) is 13.6 Å². The fraction of sp³-hybridized carbons (Fsp3) is 0.556. The Morgan fingerprint density at radius 2 is 2.33 bits per heavy atom. The number of nitrogens with one attached hydrogen (secondary N) is 1. The van der Waals surface area contributed by atoms with Gasteiger partial charge in [-0.3, -0.25) is 9.48 Å². The molecule has 1 heterocycles. The number of hydrogen-bond donors (Lipinski definition) is 2. The van der Waals surface area contributed by atoms with Gasteiger partial charge in [0.15, 0.2) is 0 Å². The fourth-order valence-corrected chi connectivity index (χ4v) is 2.07. The number of carbonyl (C=O) groups excluding carboxylic acids is 1. The first-order chi connectivity index (χ1) is 7.06. The van der Waals surface area contributed by atoms with Crippen molar-refractivity contribution in [1.29, 1.82) is 0 Å². The van der Waals surface area contributed by atoms with Gasteiger partial charge in [-0.05, 0) is 22.4 Å². The summed E-state index contributed by atoms with van der Waals surface area (Å²) in [6.45, 7) is 2.81. The van der Waals surface area contributed by atoms with Gasteiger partial charge in [-0.2, -0.15) is 5.10 Å². The molecule has 0 fully saturated rings. The molecule has 15 heavy (non-hydrogen) atoms.